The van der Waals surface area contributed by atoms with E-state index in [1.54, 1.807) is 48.5 Å². The van der Waals surface area contributed by atoms with Crippen LogP contribution in [0, 0.1) is 5.92 Å². The molecular weight excluding hydrogens is 460 g/mol. The molecule has 2 aromatic carbocycles. The molecule has 1 fully saturated rings. The van der Waals surface area contributed by atoms with Gasteiger partial charge in [-0.1, -0.05) is 30.7 Å². The van der Waals surface area contributed by atoms with Crippen LogP contribution in [0.3, 0.4) is 0 Å². The maximum atomic E-state index is 13.3. The summed E-state index contributed by atoms with van der Waals surface area (Å²) in [4.78, 5) is 44.3. The Kier molecular flexibility index (Phi) is 7.02. The molecule has 3 aromatic rings. The summed E-state index contributed by atoms with van der Waals surface area (Å²) in [6.45, 7) is 1.27. The predicted octanol–water partition coefficient (Wildman–Crippen LogP) is 2.92. The topological polar surface area (TPSA) is 119 Å². The second kappa shape index (κ2) is 10.1. The Bertz CT molecular complexity index is 1350. The first-order valence-corrected chi connectivity index (χ1v) is 11.4. The normalized spacial score (nSPS) is 15.1. The molecule has 9 nitrogen and oxygen atoms in total. The number of halogens is 1. The van der Waals surface area contributed by atoms with Crippen molar-refractivity contribution in [1.29, 1.82) is 0 Å². The molecule has 0 unspecified atom stereocenters. The van der Waals surface area contributed by atoms with Gasteiger partial charge in [0.1, 0.15) is 5.75 Å². The highest BCUT2D eigenvalue weighted by molar-refractivity contribution is 6.30. The second-order valence-corrected chi connectivity index (χ2v) is 8.81. The van der Waals surface area contributed by atoms with Crippen LogP contribution in [0.25, 0.3) is 0 Å². The van der Waals surface area contributed by atoms with Gasteiger partial charge in [0.05, 0.1) is 24.3 Å². The Morgan fingerprint density at radius 1 is 1.15 bits per heavy atom. The molecule has 0 bridgehead atoms. The quantitative estimate of drug-likeness (QED) is 0.509. The lowest BCUT2D eigenvalue weighted by Crippen LogP contribution is -2.51. The first kappa shape index (κ1) is 23.6. The lowest BCUT2D eigenvalue weighted by molar-refractivity contribution is -0.141. The average molecular weight is 485 g/mol. The maximum absolute atomic E-state index is 13.3. The van der Waals surface area contributed by atoms with Gasteiger partial charge in [0.2, 0.25) is 5.62 Å². The number of H-pyrrole nitrogens is 1. The molecule has 0 amide bonds. The van der Waals surface area contributed by atoms with Crippen molar-refractivity contribution < 1.29 is 14.6 Å². The first-order valence-electron chi connectivity index (χ1n) is 11.0. The SMILES string of the molecule is C[C@@H](Cn1c(=O)[nH]/c(=N\c2ccc(OC3CCC3)cc2)n(Cc2ccc(Cl)cc2)c1=O)C(=O)O. The Hall–Kier alpha value is -3.59. The number of hydrogen-bond acceptors (Lipinski definition) is 5. The molecule has 1 atom stereocenters. The van der Waals surface area contributed by atoms with Crippen molar-refractivity contribution in [1.82, 2.24) is 14.1 Å². The molecule has 0 spiro atoms. The van der Waals surface area contributed by atoms with Crippen LogP contribution in [0.4, 0.5) is 5.69 Å². The number of nitrogens with zero attached hydrogens (tertiary/aromatic N) is 3. The highest BCUT2D eigenvalue weighted by Gasteiger charge is 2.19. The largest absolute Gasteiger partial charge is 0.490 e. The van der Waals surface area contributed by atoms with Gasteiger partial charge in [-0.25, -0.2) is 19.1 Å². The predicted molar refractivity (Wildman–Crippen MR) is 127 cm³/mol. The van der Waals surface area contributed by atoms with Crippen LogP contribution in [0.1, 0.15) is 31.7 Å². The molecule has 1 aromatic heterocycles. The van der Waals surface area contributed by atoms with Crippen LogP contribution in [-0.4, -0.2) is 31.3 Å². The summed E-state index contributed by atoms with van der Waals surface area (Å²) in [5.74, 6) is -1.29. The monoisotopic (exact) mass is 484 g/mol. The van der Waals surface area contributed by atoms with Crippen LogP contribution < -0.4 is 21.7 Å². The zero-order chi connectivity index (χ0) is 24.2. The molecule has 1 saturated carbocycles. The summed E-state index contributed by atoms with van der Waals surface area (Å²) in [6, 6.07) is 14.0. The molecule has 4 rings (SSSR count). The summed E-state index contributed by atoms with van der Waals surface area (Å²) in [5.41, 5.74) is -0.0453. The maximum Gasteiger partial charge on any atom is 0.335 e. The number of hydrogen-bond donors (Lipinski definition) is 2. The highest BCUT2D eigenvalue weighted by Crippen LogP contribution is 2.26. The highest BCUT2D eigenvalue weighted by atomic mass is 35.5. The van der Waals surface area contributed by atoms with Crippen molar-refractivity contribution in [2.24, 2.45) is 10.9 Å². The number of carbonyl (C=O) groups is 1. The Morgan fingerprint density at radius 2 is 1.82 bits per heavy atom. The third-order valence-corrected chi connectivity index (χ3v) is 5.99. The Morgan fingerprint density at radius 3 is 2.41 bits per heavy atom. The summed E-state index contributed by atoms with van der Waals surface area (Å²) < 4.78 is 8.04. The van der Waals surface area contributed by atoms with Gasteiger partial charge < -0.3 is 9.84 Å². The third kappa shape index (κ3) is 5.48. The van der Waals surface area contributed by atoms with E-state index in [1.807, 2.05) is 0 Å². The van der Waals surface area contributed by atoms with Crippen molar-refractivity contribution in [3.63, 3.8) is 0 Å². The van der Waals surface area contributed by atoms with Gasteiger partial charge in [-0.05, 0) is 61.2 Å². The van der Waals surface area contributed by atoms with Gasteiger partial charge in [-0.15, -0.1) is 0 Å². The van der Waals surface area contributed by atoms with Gasteiger partial charge in [0.25, 0.3) is 0 Å². The first-order chi connectivity index (χ1) is 16.3. The fourth-order valence-electron chi connectivity index (χ4n) is 3.47. The minimum Gasteiger partial charge on any atom is -0.490 e. The summed E-state index contributed by atoms with van der Waals surface area (Å²) in [5, 5.41) is 9.78. The van der Waals surface area contributed by atoms with Gasteiger partial charge in [0, 0.05) is 11.6 Å². The number of ether oxygens (including phenoxy) is 1. The van der Waals surface area contributed by atoms with Crippen LogP contribution in [0.15, 0.2) is 63.1 Å². The lowest BCUT2D eigenvalue weighted by Gasteiger charge is -2.26. The van der Waals surface area contributed by atoms with E-state index in [0.29, 0.717) is 10.7 Å². The van der Waals surface area contributed by atoms with E-state index in [4.69, 9.17) is 16.3 Å². The zero-order valence-electron chi connectivity index (χ0n) is 18.6. The number of benzene rings is 2. The van der Waals surface area contributed by atoms with Crippen molar-refractivity contribution >= 4 is 23.3 Å². The fourth-order valence-corrected chi connectivity index (χ4v) is 3.60. The molecule has 0 aliphatic heterocycles. The number of aliphatic carboxylic acids is 1. The van der Waals surface area contributed by atoms with Crippen LogP contribution in [0.2, 0.25) is 5.02 Å². The lowest BCUT2D eigenvalue weighted by atomic mass is 9.96. The van der Waals surface area contributed by atoms with Gasteiger partial charge in [0.15, 0.2) is 0 Å². The molecule has 1 aliphatic rings. The van der Waals surface area contributed by atoms with E-state index in [0.717, 1.165) is 28.7 Å². The van der Waals surface area contributed by atoms with Gasteiger partial charge in [-0.3, -0.25) is 14.3 Å². The molecule has 0 saturated heterocycles. The average Bonchev–Trinajstić information content (AvgIpc) is 2.78. The van der Waals surface area contributed by atoms with Crippen molar-refractivity contribution in [3.8, 4) is 5.75 Å². The summed E-state index contributed by atoms with van der Waals surface area (Å²) in [6.07, 6.45) is 3.53. The molecule has 1 heterocycles. The van der Waals surface area contributed by atoms with Crippen LogP contribution in [-0.2, 0) is 17.9 Å². The van der Waals surface area contributed by atoms with E-state index < -0.39 is 23.3 Å². The van der Waals surface area contributed by atoms with Crippen molar-refractivity contribution in [2.45, 2.75) is 45.4 Å². The number of aromatic nitrogens is 3. The summed E-state index contributed by atoms with van der Waals surface area (Å²) in [7, 11) is 0. The van der Waals surface area contributed by atoms with E-state index in [1.165, 1.54) is 17.9 Å². The molecule has 1 aliphatic carbocycles. The van der Waals surface area contributed by atoms with E-state index in [-0.39, 0.29) is 24.8 Å². The Balaban J connectivity index is 1.75. The minimum absolute atomic E-state index is 0.0526. The van der Waals surface area contributed by atoms with Crippen molar-refractivity contribution in [3.05, 3.63) is 85.7 Å². The number of carboxylic acids is 1. The standard InChI is InChI=1S/C24H25ClN4O5/c1-15(21(30)31)13-29-23(32)27-22(28(24(29)33)14-16-5-7-17(25)8-6-16)26-18-9-11-20(12-10-18)34-19-3-2-4-19/h5-12,15,19H,2-4,13-14H2,1H3,(H,30,31)(H,26,27,32)/t15-/m0/s1. The van der Waals surface area contributed by atoms with Crippen LogP contribution in [0.5, 0.6) is 5.75 Å². The molecule has 2 N–H and O–H groups in total. The van der Waals surface area contributed by atoms with Gasteiger partial charge in [-0.2, -0.15) is 0 Å². The molecule has 34 heavy (non-hydrogen) atoms. The van der Waals surface area contributed by atoms with E-state index in [2.05, 4.69) is 9.98 Å². The Labute approximate surface area is 199 Å². The van der Waals surface area contributed by atoms with E-state index in [9.17, 15) is 19.5 Å². The number of carboxylic acid groups (broad SMARTS) is 1. The number of aromatic amines is 1. The number of rotatable bonds is 8. The molecule has 178 valence electrons. The molecule has 10 heteroatoms. The smallest absolute Gasteiger partial charge is 0.335 e. The zero-order valence-corrected chi connectivity index (χ0v) is 19.4. The van der Waals surface area contributed by atoms with E-state index >= 15 is 0 Å². The number of nitrogens with one attached hydrogen (secondary N) is 1. The molecule has 0 radical (unpaired) electrons. The van der Waals surface area contributed by atoms with Crippen LogP contribution >= 0.6 is 11.6 Å². The van der Waals surface area contributed by atoms with Crippen molar-refractivity contribution in [2.75, 3.05) is 0 Å². The second-order valence-electron chi connectivity index (χ2n) is 8.38. The minimum atomic E-state index is -1.10. The van der Waals surface area contributed by atoms with Gasteiger partial charge >= 0.3 is 17.3 Å². The molecular formula is C24H25ClN4O5. The third-order valence-electron chi connectivity index (χ3n) is 5.74. The fraction of sp³-hybridized carbons (Fsp3) is 0.333. The summed E-state index contributed by atoms with van der Waals surface area (Å²) >= 11 is 5.97.